The zero-order valence-corrected chi connectivity index (χ0v) is 13.0. The minimum atomic E-state index is 0.725. The number of aryl methyl sites for hydroxylation is 1. The van der Waals surface area contributed by atoms with E-state index in [1.54, 1.807) is 11.3 Å². The van der Waals surface area contributed by atoms with Gasteiger partial charge in [0.2, 0.25) is 0 Å². The normalized spacial score (nSPS) is 11.6. The lowest BCUT2D eigenvalue weighted by Gasteiger charge is -2.14. The molecule has 0 saturated heterocycles. The smallest absolute Gasteiger partial charge is 0.165 e. The highest BCUT2D eigenvalue weighted by molar-refractivity contribution is 7.18. The minimum Gasteiger partial charge on any atom is -0.292 e. The van der Waals surface area contributed by atoms with Crippen LogP contribution in [0.3, 0.4) is 0 Å². The van der Waals surface area contributed by atoms with Crippen LogP contribution in [0.1, 0.15) is 24.2 Å². The average molecular weight is 302 g/mol. The number of tetrazole rings is 1. The molecule has 110 valence electrons. The highest BCUT2D eigenvalue weighted by Crippen LogP contribution is 2.22. The van der Waals surface area contributed by atoms with Crippen molar-refractivity contribution in [2.24, 2.45) is 0 Å². The van der Waals surface area contributed by atoms with E-state index < -0.39 is 0 Å². The molecule has 0 aliphatic rings. The van der Waals surface area contributed by atoms with Crippen molar-refractivity contribution in [1.29, 1.82) is 0 Å². The Kier molecular flexibility index (Phi) is 4.21. The van der Waals surface area contributed by atoms with E-state index in [1.165, 1.54) is 4.70 Å². The lowest BCUT2D eigenvalue weighted by atomic mass is 10.3. The Labute approximate surface area is 127 Å². The quantitative estimate of drug-likeness (QED) is 0.699. The van der Waals surface area contributed by atoms with E-state index in [2.05, 4.69) is 51.5 Å². The third kappa shape index (κ3) is 3.25. The summed E-state index contributed by atoms with van der Waals surface area (Å²) in [6.07, 6.45) is 1.03. The van der Waals surface area contributed by atoms with Crippen LogP contribution in [0.5, 0.6) is 0 Å². The number of rotatable bonds is 6. The van der Waals surface area contributed by atoms with Gasteiger partial charge < -0.3 is 0 Å². The van der Waals surface area contributed by atoms with E-state index in [0.29, 0.717) is 0 Å². The van der Waals surface area contributed by atoms with E-state index in [9.17, 15) is 0 Å². The van der Waals surface area contributed by atoms with Crippen LogP contribution < -0.4 is 0 Å². The molecule has 0 aliphatic carbocycles. The maximum absolute atomic E-state index is 4.66. The maximum Gasteiger partial charge on any atom is 0.165 e. The molecule has 1 aromatic carbocycles. The molecule has 0 radical (unpaired) electrons. The summed E-state index contributed by atoms with van der Waals surface area (Å²) >= 11 is 1.74. The molecule has 0 N–H and O–H groups in total. The van der Waals surface area contributed by atoms with E-state index in [4.69, 9.17) is 0 Å². The van der Waals surface area contributed by atoms with Gasteiger partial charge in [0, 0.05) is 6.54 Å². The number of benzene rings is 1. The summed E-state index contributed by atoms with van der Waals surface area (Å²) in [4.78, 5) is 6.85. The molecular weight excluding hydrogens is 284 g/mol. The molecule has 0 saturated carbocycles. The SMILES string of the molecule is CCCn1nnnc1CN(C)Cc1nc2ccccc2s1. The van der Waals surface area contributed by atoms with Crippen molar-refractivity contribution in [1.82, 2.24) is 30.1 Å². The van der Waals surface area contributed by atoms with Crippen molar-refractivity contribution in [2.45, 2.75) is 33.0 Å². The number of hydrogen-bond acceptors (Lipinski definition) is 6. The van der Waals surface area contributed by atoms with Gasteiger partial charge in [-0.15, -0.1) is 16.4 Å². The van der Waals surface area contributed by atoms with Crippen LogP contribution in [0, 0.1) is 0 Å². The standard InChI is InChI=1S/C14H18N6S/c1-3-8-20-13(16-17-18-20)9-19(2)10-14-15-11-6-4-5-7-12(11)21-14/h4-7H,3,8-10H2,1-2H3. The summed E-state index contributed by atoms with van der Waals surface area (Å²) < 4.78 is 3.10. The van der Waals surface area contributed by atoms with Crippen molar-refractivity contribution in [3.8, 4) is 0 Å². The van der Waals surface area contributed by atoms with Crippen LogP contribution in [0.2, 0.25) is 0 Å². The Hall–Kier alpha value is -1.86. The Bertz CT molecular complexity index is 686. The fourth-order valence-corrected chi connectivity index (χ4v) is 3.29. The van der Waals surface area contributed by atoms with Gasteiger partial charge in [-0.05, 0) is 36.0 Å². The molecule has 3 rings (SSSR count). The van der Waals surface area contributed by atoms with Crippen molar-refractivity contribution in [3.63, 3.8) is 0 Å². The number of para-hydroxylation sites is 1. The first-order valence-corrected chi connectivity index (χ1v) is 7.86. The molecule has 2 heterocycles. The van der Waals surface area contributed by atoms with E-state index >= 15 is 0 Å². The third-order valence-electron chi connectivity index (χ3n) is 3.20. The minimum absolute atomic E-state index is 0.725. The molecule has 0 amide bonds. The number of fused-ring (bicyclic) bond motifs is 1. The van der Waals surface area contributed by atoms with Crippen LogP contribution in [0.15, 0.2) is 24.3 Å². The number of thiazole rings is 1. The molecule has 0 aliphatic heterocycles. The first kappa shape index (κ1) is 14.1. The first-order valence-electron chi connectivity index (χ1n) is 7.04. The van der Waals surface area contributed by atoms with Crippen LogP contribution in [-0.4, -0.2) is 37.1 Å². The van der Waals surface area contributed by atoms with E-state index in [1.807, 2.05) is 16.8 Å². The van der Waals surface area contributed by atoms with Crippen molar-refractivity contribution in [2.75, 3.05) is 7.05 Å². The second-order valence-electron chi connectivity index (χ2n) is 5.07. The predicted molar refractivity (Wildman–Crippen MR) is 82.9 cm³/mol. The fourth-order valence-electron chi connectivity index (χ4n) is 2.24. The molecule has 21 heavy (non-hydrogen) atoms. The van der Waals surface area contributed by atoms with E-state index in [0.717, 1.165) is 42.4 Å². The molecule has 7 heteroatoms. The highest BCUT2D eigenvalue weighted by Gasteiger charge is 2.11. The van der Waals surface area contributed by atoms with Gasteiger partial charge in [0.1, 0.15) is 5.01 Å². The number of hydrogen-bond donors (Lipinski definition) is 0. The van der Waals surface area contributed by atoms with Gasteiger partial charge in [-0.25, -0.2) is 9.67 Å². The Balaban J connectivity index is 1.68. The summed E-state index contributed by atoms with van der Waals surface area (Å²) in [6, 6.07) is 8.23. The predicted octanol–water partition coefficient (Wildman–Crippen LogP) is 2.32. The van der Waals surface area contributed by atoms with Crippen LogP contribution in [-0.2, 0) is 19.6 Å². The summed E-state index contributed by atoms with van der Waals surface area (Å²) in [5.74, 6) is 0.903. The average Bonchev–Trinajstić information content (AvgIpc) is 3.05. The van der Waals surface area contributed by atoms with Crippen LogP contribution in [0.4, 0.5) is 0 Å². The number of aromatic nitrogens is 5. The molecule has 2 aromatic heterocycles. The topological polar surface area (TPSA) is 59.7 Å². The monoisotopic (exact) mass is 302 g/mol. The molecule has 0 fully saturated rings. The molecule has 0 atom stereocenters. The number of nitrogens with zero attached hydrogens (tertiary/aromatic N) is 6. The van der Waals surface area contributed by atoms with Gasteiger partial charge in [-0.2, -0.15) is 0 Å². The zero-order chi connectivity index (χ0) is 14.7. The maximum atomic E-state index is 4.66. The van der Waals surface area contributed by atoms with Crippen molar-refractivity contribution >= 4 is 21.6 Å². The fraction of sp³-hybridized carbons (Fsp3) is 0.429. The van der Waals surface area contributed by atoms with Crippen LogP contribution in [0.25, 0.3) is 10.2 Å². The van der Waals surface area contributed by atoms with E-state index in [-0.39, 0.29) is 0 Å². The third-order valence-corrected chi connectivity index (χ3v) is 4.22. The Morgan fingerprint density at radius 1 is 1.24 bits per heavy atom. The molecule has 6 nitrogen and oxygen atoms in total. The molecule has 3 aromatic rings. The van der Waals surface area contributed by atoms with Gasteiger partial charge in [0.25, 0.3) is 0 Å². The summed E-state index contributed by atoms with van der Waals surface area (Å²) in [5.41, 5.74) is 1.07. The molecule has 0 spiro atoms. The lowest BCUT2D eigenvalue weighted by molar-refractivity contribution is 0.301. The summed E-state index contributed by atoms with van der Waals surface area (Å²) in [7, 11) is 2.07. The highest BCUT2D eigenvalue weighted by atomic mass is 32.1. The second kappa shape index (κ2) is 6.28. The lowest BCUT2D eigenvalue weighted by Crippen LogP contribution is -2.20. The van der Waals surface area contributed by atoms with Crippen LogP contribution >= 0.6 is 11.3 Å². The van der Waals surface area contributed by atoms with Gasteiger partial charge in [-0.3, -0.25) is 4.90 Å². The van der Waals surface area contributed by atoms with Gasteiger partial charge in [-0.1, -0.05) is 19.1 Å². The largest absolute Gasteiger partial charge is 0.292 e. The summed E-state index contributed by atoms with van der Waals surface area (Å²) in [6.45, 7) is 4.51. The van der Waals surface area contributed by atoms with Gasteiger partial charge in [0.15, 0.2) is 5.82 Å². The molecule has 0 unspecified atom stereocenters. The molecule has 0 bridgehead atoms. The van der Waals surface area contributed by atoms with Crippen molar-refractivity contribution in [3.05, 3.63) is 35.1 Å². The van der Waals surface area contributed by atoms with Crippen molar-refractivity contribution < 1.29 is 0 Å². The second-order valence-corrected chi connectivity index (χ2v) is 6.18. The molecular formula is C14H18N6S. The van der Waals surface area contributed by atoms with Gasteiger partial charge >= 0.3 is 0 Å². The van der Waals surface area contributed by atoms with Gasteiger partial charge in [0.05, 0.1) is 23.3 Å². The Morgan fingerprint density at radius 2 is 2.10 bits per heavy atom. The zero-order valence-electron chi connectivity index (χ0n) is 12.2. The first-order chi connectivity index (χ1) is 10.3. The summed E-state index contributed by atoms with van der Waals surface area (Å²) in [5, 5.41) is 13.0. The Morgan fingerprint density at radius 3 is 2.90 bits per heavy atom.